The molecule has 186 valence electrons. The van der Waals surface area contributed by atoms with E-state index in [2.05, 4.69) is 13.8 Å². The molecule has 0 fully saturated rings. The maximum Gasteiger partial charge on any atom is 0.145 e. The zero-order chi connectivity index (χ0) is 23.3. The number of aliphatic hydroxyl groups is 3. The van der Waals surface area contributed by atoms with E-state index in [0.29, 0.717) is 12.8 Å². The van der Waals surface area contributed by atoms with Gasteiger partial charge in [0.25, 0.3) is 0 Å². The van der Waals surface area contributed by atoms with E-state index in [4.69, 9.17) is 5.73 Å². The van der Waals surface area contributed by atoms with Crippen molar-refractivity contribution in [1.29, 1.82) is 0 Å². The second-order valence-corrected chi connectivity index (χ2v) is 9.44. The molecule has 0 aromatic carbocycles. The predicted molar refractivity (Wildman–Crippen MR) is 130 cm³/mol. The molecule has 0 heterocycles. The van der Waals surface area contributed by atoms with Gasteiger partial charge in [0.1, 0.15) is 12.0 Å². The number of carbonyl (C=O) groups is 1. The van der Waals surface area contributed by atoms with Crippen LogP contribution in [0, 0.1) is 5.92 Å². The molecule has 5 heteroatoms. The summed E-state index contributed by atoms with van der Waals surface area (Å²) in [5.74, 6) is -1.33. The smallest absolute Gasteiger partial charge is 0.145 e. The molecule has 0 saturated carbocycles. The van der Waals surface area contributed by atoms with Crippen LogP contribution < -0.4 is 5.73 Å². The Labute approximate surface area is 192 Å². The molecule has 0 aliphatic carbocycles. The molecule has 0 rings (SSSR count). The van der Waals surface area contributed by atoms with E-state index in [1.54, 1.807) is 0 Å². The number of ketones is 1. The summed E-state index contributed by atoms with van der Waals surface area (Å²) in [6.07, 6.45) is 17.2. The van der Waals surface area contributed by atoms with Crippen molar-refractivity contribution in [3.63, 3.8) is 0 Å². The largest absolute Gasteiger partial charge is 0.393 e. The van der Waals surface area contributed by atoms with Crippen LogP contribution >= 0.6 is 0 Å². The number of Topliss-reactive ketones (excluding diaryl/α,β-unsaturated/α-hetero) is 1. The van der Waals surface area contributed by atoms with Crippen molar-refractivity contribution in [3.8, 4) is 0 Å². The first-order valence-corrected chi connectivity index (χ1v) is 13.3. The zero-order valence-electron chi connectivity index (χ0n) is 20.6. The number of carbonyl (C=O) groups excluding carboxylic acids is 1. The van der Waals surface area contributed by atoms with Gasteiger partial charge in [0, 0.05) is 6.42 Å². The fraction of sp³-hybridized carbons (Fsp3) is 0.962. The number of hydrogen-bond acceptors (Lipinski definition) is 5. The molecule has 2 unspecified atom stereocenters. The number of rotatable bonds is 23. The van der Waals surface area contributed by atoms with Crippen LogP contribution in [0.2, 0.25) is 0 Å². The highest BCUT2D eigenvalue weighted by Gasteiger charge is 2.32. The Bertz CT molecular complexity index is 403. The molecule has 0 bridgehead atoms. The van der Waals surface area contributed by atoms with E-state index in [-0.39, 0.29) is 12.2 Å². The monoisotopic (exact) mass is 443 g/mol. The van der Waals surface area contributed by atoms with Crippen LogP contribution in [0.3, 0.4) is 0 Å². The van der Waals surface area contributed by atoms with Crippen LogP contribution in [-0.2, 0) is 4.79 Å². The van der Waals surface area contributed by atoms with Crippen LogP contribution in [0.5, 0.6) is 0 Å². The molecular weight excluding hydrogens is 390 g/mol. The molecule has 0 aromatic rings. The molecule has 0 radical (unpaired) electrons. The SMILES string of the molecule is CCCCCCCCCCCCCCC[C@@H](O)[C@H](C(=O)CC(O)CCCCC)C(N)O. The Hall–Kier alpha value is -0.490. The number of hydrogen-bond donors (Lipinski definition) is 4. The van der Waals surface area contributed by atoms with Crippen molar-refractivity contribution in [3.05, 3.63) is 0 Å². The third-order valence-corrected chi connectivity index (χ3v) is 6.34. The number of unbranched alkanes of at least 4 members (excludes halogenated alkanes) is 14. The van der Waals surface area contributed by atoms with E-state index in [1.807, 2.05) is 0 Å². The Balaban J connectivity index is 3.85. The molecule has 0 aromatic heterocycles. The summed E-state index contributed by atoms with van der Waals surface area (Å²) in [7, 11) is 0. The normalized spacial score (nSPS) is 15.5. The van der Waals surface area contributed by atoms with Gasteiger partial charge in [-0.3, -0.25) is 4.79 Å². The topological polar surface area (TPSA) is 104 Å². The molecule has 0 amide bonds. The van der Waals surface area contributed by atoms with Crippen molar-refractivity contribution in [2.75, 3.05) is 0 Å². The molecule has 0 aliphatic heterocycles. The van der Waals surface area contributed by atoms with E-state index >= 15 is 0 Å². The summed E-state index contributed by atoms with van der Waals surface area (Å²) in [6.45, 7) is 4.34. The van der Waals surface area contributed by atoms with E-state index in [9.17, 15) is 20.1 Å². The summed E-state index contributed by atoms with van der Waals surface area (Å²) < 4.78 is 0. The molecule has 5 N–H and O–H groups in total. The third-order valence-electron chi connectivity index (χ3n) is 6.34. The Morgan fingerprint density at radius 3 is 1.48 bits per heavy atom. The lowest BCUT2D eigenvalue weighted by molar-refractivity contribution is -0.133. The molecule has 0 spiro atoms. The van der Waals surface area contributed by atoms with Crippen LogP contribution in [0.25, 0.3) is 0 Å². The van der Waals surface area contributed by atoms with E-state index < -0.39 is 24.4 Å². The maximum atomic E-state index is 12.4. The third kappa shape index (κ3) is 17.7. The summed E-state index contributed by atoms with van der Waals surface area (Å²) in [5, 5.41) is 30.2. The van der Waals surface area contributed by atoms with Crippen molar-refractivity contribution in [2.45, 2.75) is 154 Å². The van der Waals surface area contributed by atoms with Gasteiger partial charge < -0.3 is 21.1 Å². The van der Waals surface area contributed by atoms with E-state index in [0.717, 1.165) is 38.5 Å². The number of aliphatic hydroxyl groups excluding tert-OH is 3. The Morgan fingerprint density at radius 1 is 0.645 bits per heavy atom. The second kappa shape index (κ2) is 21.4. The van der Waals surface area contributed by atoms with Gasteiger partial charge in [-0.1, -0.05) is 117 Å². The number of nitrogens with two attached hydrogens (primary N) is 1. The predicted octanol–water partition coefficient (Wildman–Crippen LogP) is 5.62. The first-order valence-electron chi connectivity index (χ1n) is 13.3. The van der Waals surface area contributed by atoms with Crippen molar-refractivity contribution in [1.82, 2.24) is 0 Å². The molecular formula is C26H53NO4. The van der Waals surface area contributed by atoms with E-state index in [1.165, 1.54) is 64.2 Å². The summed E-state index contributed by atoms with van der Waals surface area (Å²) >= 11 is 0. The zero-order valence-corrected chi connectivity index (χ0v) is 20.6. The average molecular weight is 444 g/mol. The molecule has 31 heavy (non-hydrogen) atoms. The van der Waals surface area contributed by atoms with Gasteiger partial charge in [-0.2, -0.15) is 0 Å². The first kappa shape index (κ1) is 30.5. The fourth-order valence-corrected chi connectivity index (χ4v) is 4.28. The van der Waals surface area contributed by atoms with Gasteiger partial charge in [-0.05, 0) is 12.8 Å². The maximum absolute atomic E-state index is 12.4. The van der Waals surface area contributed by atoms with Crippen molar-refractivity contribution < 1.29 is 20.1 Å². The second-order valence-electron chi connectivity index (χ2n) is 9.44. The lowest BCUT2D eigenvalue weighted by atomic mass is 9.88. The standard InChI is InChI=1S/C26H53NO4/c1-3-5-7-8-9-10-11-12-13-14-15-16-18-20-23(29)25(26(27)31)24(30)21-22(28)19-17-6-4-2/h22-23,25-26,28-29,31H,3-21,27H2,1-2H3/t22?,23-,25-,26?/m1/s1. The molecule has 0 saturated heterocycles. The summed E-state index contributed by atoms with van der Waals surface area (Å²) in [4.78, 5) is 12.4. The average Bonchev–Trinajstić information content (AvgIpc) is 2.71. The minimum Gasteiger partial charge on any atom is -0.393 e. The lowest BCUT2D eigenvalue weighted by Gasteiger charge is -2.25. The molecule has 4 atom stereocenters. The van der Waals surface area contributed by atoms with Gasteiger partial charge in [-0.15, -0.1) is 0 Å². The van der Waals surface area contributed by atoms with Gasteiger partial charge in [0.2, 0.25) is 0 Å². The minimum absolute atomic E-state index is 0.0433. The highest BCUT2D eigenvalue weighted by atomic mass is 16.3. The lowest BCUT2D eigenvalue weighted by Crippen LogP contribution is -2.44. The Morgan fingerprint density at radius 2 is 1.03 bits per heavy atom. The van der Waals surface area contributed by atoms with Crippen molar-refractivity contribution in [2.24, 2.45) is 11.7 Å². The summed E-state index contributed by atoms with van der Waals surface area (Å²) in [5.41, 5.74) is 5.57. The first-order chi connectivity index (χ1) is 14.9. The highest BCUT2D eigenvalue weighted by molar-refractivity contribution is 5.82. The Kier molecular flexibility index (Phi) is 21.0. The van der Waals surface area contributed by atoms with Crippen LogP contribution in [-0.4, -0.2) is 39.5 Å². The highest BCUT2D eigenvalue weighted by Crippen LogP contribution is 2.20. The molecule has 5 nitrogen and oxygen atoms in total. The van der Waals surface area contributed by atoms with Crippen LogP contribution in [0.15, 0.2) is 0 Å². The minimum atomic E-state index is -1.38. The quantitative estimate of drug-likeness (QED) is 0.121. The van der Waals surface area contributed by atoms with Crippen LogP contribution in [0.4, 0.5) is 0 Å². The summed E-state index contributed by atoms with van der Waals surface area (Å²) in [6, 6.07) is 0. The van der Waals surface area contributed by atoms with Gasteiger partial charge >= 0.3 is 0 Å². The van der Waals surface area contributed by atoms with Gasteiger partial charge in [0.15, 0.2) is 0 Å². The fourth-order valence-electron chi connectivity index (χ4n) is 4.28. The molecule has 0 aliphatic rings. The van der Waals surface area contributed by atoms with Crippen LogP contribution in [0.1, 0.15) is 136 Å². The van der Waals surface area contributed by atoms with Gasteiger partial charge in [0.05, 0.1) is 18.1 Å². The van der Waals surface area contributed by atoms with Gasteiger partial charge in [-0.25, -0.2) is 0 Å². The van der Waals surface area contributed by atoms with Crippen molar-refractivity contribution >= 4 is 5.78 Å².